The first kappa shape index (κ1) is 15.8. The summed E-state index contributed by atoms with van der Waals surface area (Å²) in [5, 5.41) is 10.2. The van der Waals surface area contributed by atoms with Gasteiger partial charge in [0.2, 0.25) is 0 Å². The molecule has 0 saturated carbocycles. The van der Waals surface area contributed by atoms with Crippen LogP contribution in [0.25, 0.3) is 0 Å². The molecule has 0 saturated heterocycles. The van der Waals surface area contributed by atoms with Crippen LogP contribution in [0.15, 0.2) is 30.3 Å². The van der Waals surface area contributed by atoms with Crippen LogP contribution in [0.4, 0.5) is 13.2 Å². The van der Waals surface area contributed by atoms with Crippen molar-refractivity contribution in [3.63, 3.8) is 0 Å². The minimum Gasteiger partial charge on any atom is -0.489 e. The monoisotopic (exact) mass is 323 g/mol. The summed E-state index contributed by atoms with van der Waals surface area (Å²) >= 11 is 0. The molecule has 0 amide bonds. The maximum Gasteiger partial charge on any atom is 0.194 e. The first-order valence-electron chi connectivity index (χ1n) is 7.23. The zero-order valence-electron chi connectivity index (χ0n) is 12.5. The van der Waals surface area contributed by atoms with Crippen LogP contribution in [0, 0.1) is 17.5 Å². The number of fused-ring (bicyclic) bond motifs is 1. The molecule has 0 aliphatic carbocycles. The highest BCUT2D eigenvalue weighted by atomic mass is 19.2. The molecule has 6 heteroatoms. The fourth-order valence-corrected chi connectivity index (χ4v) is 2.73. The number of rotatable bonds is 3. The zero-order chi connectivity index (χ0) is 16.6. The molecule has 0 radical (unpaired) electrons. The van der Waals surface area contributed by atoms with Crippen LogP contribution in [0.2, 0.25) is 0 Å². The van der Waals surface area contributed by atoms with E-state index in [4.69, 9.17) is 4.74 Å². The third-order valence-corrected chi connectivity index (χ3v) is 4.02. The summed E-state index contributed by atoms with van der Waals surface area (Å²) in [6.07, 6.45) is -0.00594. The number of aliphatic hydroxyl groups excluding tert-OH is 1. The van der Waals surface area contributed by atoms with Crippen molar-refractivity contribution in [2.75, 3.05) is 13.6 Å². The lowest BCUT2D eigenvalue weighted by molar-refractivity contribution is 0.0121. The van der Waals surface area contributed by atoms with Crippen molar-refractivity contribution in [1.29, 1.82) is 0 Å². The summed E-state index contributed by atoms with van der Waals surface area (Å²) < 4.78 is 45.0. The zero-order valence-corrected chi connectivity index (χ0v) is 12.5. The molecular weight excluding hydrogens is 307 g/mol. The summed E-state index contributed by atoms with van der Waals surface area (Å²) in [7, 11) is 1.82. The van der Waals surface area contributed by atoms with Crippen molar-refractivity contribution >= 4 is 0 Å². The fraction of sp³-hybridized carbons (Fsp3) is 0.294. The van der Waals surface area contributed by atoms with Crippen LogP contribution >= 0.6 is 0 Å². The molecule has 1 aliphatic heterocycles. The predicted molar refractivity (Wildman–Crippen MR) is 78.4 cm³/mol. The Morgan fingerprint density at radius 1 is 1.22 bits per heavy atom. The third kappa shape index (κ3) is 3.04. The second kappa shape index (κ2) is 6.22. The number of nitrogens with zero attached hydrogens (tertiary/aromatic N) is 1. The number of ether oxygens (including phenoxy) is 1. The predicted octanol–water partition coefficient (Wildman–Crippen LogP) is 3.16. The van der Waals surface area contributed by atoms with Gasteiger partial charge in [-0.1, -0.05) is 12.1 Å². The normalized spacial score (nSPS) is 17.9. The van der Waals surface area contributed by atoms with Gasteiger partial charge in [-0.25, -0.2) is 13.2 Å². The maximum absolute atomic E-state index is 13.2. The molecule has 122 valence electrons. The number of benzene rings is 2. The molecule has 3 nitrogen and oxygen atoms in total. The smallest absolute Gasteiger partial charge is 0.194 e. The molecule has 1 atom stereocenters. The molecule has 0 bridgehead atoms. The van der Waals surface area contributed by atoms with Crippen LogP contribution < -0.4 is 4.74 Å². The van der Waals surface area contributed by atoms with E-state index in [0.717, 1.165) is 23.3 Å². The van der Waals surface area contributed by atoms with Gasteiger partial charge in [0.05, 0.1) is 0 Å². The Kier molecular flexibility index (Phi) is 4.28. The van der Waals surface area contributed by atoms with E-state index < -0.39 is 23.7 Å². The van der Waals surface area contributed by atoms with Crippen LogP contribution in [0.5, 0.6) is 5.75 Å². The Bertz CT molecular complexity index is 713. The van der Waals surface area contributed by atoms with Crippen molar-refractivity contribution in [2.45, 2.75) is 19.3 Å². The summed E-state index contributed by atoms with van der Waals surface area (Å²) in [5.74, 6) is -3.41. The highest BCUT2D eigenvalue weighted by molar-refractivity contribution is 5.43. The van der Waals surface area contributed by atoms with E-state index in [1.165, 1.54) is 0 Å². The van der Waals surface area contributed by atoms with Gasteiger partial charge in [0.1, 0.15) is 18.6 Å². The lowest BCUT2D eigenvalue weighted by atomic mass is 9.97. The van der Waals surface area contributed by atoms with Crippen LogP contribution in [-0.4, -0.2) is 23.6 Å². The van der Waals surface area contributed by atoms with Gasteiger partial charge in [-0.2, -0.15) is 0 Å². The average Bonchev–Trinajstić information content (AvgIpc) is 2.54. The van der Waals surface area contributed by atoms with Crippen molar-refractivity contribution < 1.29 is 23.0 Å². The number of hydrogen-bond donors (Lipinski definition) is 1. The van der Waals surface area contributed by atoms with E-state index in [2.05, 4.69) is 0 Å². The fourth-order valence-electron chi connectivity index (χ4n) is 2.73. The van der Waals surface area contributed by atoms with Crippen LogP contribution in [0.1, 0.15) is 22.9 Å². The first-order valence-corrected chi connectivity index (χ1v) is 7.23. The Morgan fingerprint density at radius 2 is 1.91 bits per heavy atom. The van der Waals surface area contributed by atoms with Crippen molar-refractivity contribution in [2.24, 2.45) is 0 Å². The van der Waals surface area contributed by atoms with E-state index in [9.17, 15) is 18.3 Å². The van der Waals surface area contributed by atoms with Gasteiger partial charge in [-0.15, -0.1) is 0 Å². The minimum absolute atomic E-state index is 0.0868. The quantitative estimate of drug-likeness (QED) is 0.881. The molecule has 2 aromatic carbocycles. The van der Waals surface area contributed by atoms with Crippen molar-refractivity contribution in [3.8, 4) is 5.75 Å². The van der Waals surface area contributed by atoms with E-state index >= 15 is 0 Å². The summed E-state index contributed by atoms with van der Waals surface area (Å²) in [5.41, 5.74) is 1.83. The summed E-state index contributed by atoms with van der Waals surface area (Å²) in [4.78, 5) is 1.82. The molecule has 1 N–H and O–H groups in total. The third-order valence-electron chi connectivity index (χ3n) is 4.02. The first-order chi connectivity index (χ1) is 11.0. The molecule has 1 unspecified atom stereocenters. The van der Waals surface area contributed by atoms with Crippen LogP contribution in [-0.2, 0) is 13.0 Å². The van der Waals surface area contributed by atoms with Gasteiger partial charge in [0.15, 0.2) is 17.5 Å². The van der Waals surface area contributed by atoms with E-state index in [-0.39, 0.29) is 12.2 Å². The maximum atomic E-state index is 13.2. The number of halogens is 3. The van der Waals surface area contributed by atoms with Crippen molar-refractivity contribution in [1.82, 2.24) is 4.90 Å². The van der Waals surface area contributed by atoms with Gasteiger partial charge in [-0.05, 0) is 37.2 Å². The molecule has 1 heterocycles. The highest BCUT2D eigenvalue weighted by Crippen LogP contribution is 2.33. The lowest BCUT2D eigenvalue weighted by Gasteiger charge is -2.31. The van der Waals surface area contributed by atoms with Gasteiger partial charge in [0.25, 0.3) is 0 Å². The van der Waals surface area contributed by atoms with Gasteiger partial charge >= 0.3 is 0 Å². The van der Waals surface area contributed by atoms with Crippen LogP contribution in [0.3, 0.4) is 0 Å². The molecule has 0 aromatic heterocycles. The van der Waals surface area contributed by atoms with E-state index in [0.29, 0.717) is 18.7 Å². The summed E-state index contributed by atoms with van der Waals surface area (Å²) in [6, 6.07) is 7.14. The Hall–Kier alpha value is -2.05. The molecule has 0 fully saturated rings. The molecule has 2 aromatic rings. The molecule has 23 heavy (non-hydrogen) atoms. The standard InChI is InChI=1S/C17H16F3NO2/c1-21-6-5-11-12(17(21)22)3-2-4-15(11)23-9-10-7-13(18)16(20)14(19)8-10/h2-4,7-8,17,22H,5-6,9H2,1H3. The van der Waals surface area contributed by atoms with E-state index in [1.807, 2.05) is 18.0 Å². The topological polar surface area (TPSA) is 32.7 Å². The van der Waals surface area contributed by atoms with Crippen molar-refractivity contribution in [3.05, 3.63) is 64.5 Å². The molecule has 3 rings (SSSR count). The van der Waals surface area contributed by atoms with Gasteiger partial charge in [-0.3, -0.25) is 4.90 Å². The second-order valence-corrected chi connectivity index (χ2v) is 5.59. The van der Waals surface area contributed by atoms with Gasteiger partial charge < -0.3 is 9.84 Å². The molecule has 0 spiro atoms. The molecule has 1 aliphatic rings. The lowest BCUT2D eigenvalue weighted by Crippen LogP contribution is -2.32. The number of aliphatic hydroxyl groups is 1. The van der Waals surface area contributed by atoms with Gasteiger partial charge in [0, 0.05) is 17.7 Å². The van der Waals surface area contributed by atoms with E-state index in [1.54, 1.807) is 12.1 Å². The largest absolute Gasteiger partial charge is 0.489 e. The average molecular weight is 323 g/mol. The SMILES string of the molecule is CN1CCc2c(OCc3cc(F)c(F)c(F)c3)cccc2C1O. The minimum atomic E-state index is -1.49. The number of likely N-dealkylation sites (N-methyl/N-ethyl adjacent to an activating group) is 1. The Balaban J connectivity index is 1.82. The molecular formula is C17H16F3NO2. The Morgan fingerprint density at radius 3 is 2.61 bits per heavy atom. The highest BCUT2D eigenvalue weighted by Gasteiger charge is 2.24. The summed E-state index contributed by atoms with van der Waals surface area (Å²) in [6.45, 7) is 0.588. The Labute approximate surface area is 131 Å². The second-order valence-electron chi connectivity index (χ2n) is 5.59. The number of hydrogen-bond acceptors (Lipinski definition) is 3.